The highest BCUT2D eigenvalue weighted by Crippen LogP contribution is 2.40. The summed E-state index contributed by atoms with van der Waals surface area (Å²) >= 11 is 12.9. The zero-order valence-electron chi connectivity index (χ0n) is 12.5. The lowest BCUT2D eigenvalue weighted by atomic mass is 9.83. The van der Waals surface area contributed by atoms with Crippen molar-refractivity contribution in [2.45, 2.75) is 57.8 Å². The van der Waals surface area contributed by atoms with Crippen LogP contribution in [-0.4, -0.2) is 12.6 Å². The van der Waals surface area contributed by atoms with Gasteiger partial charge in [0.1, 0.15) is 0 Å². The Hall–Kier alpha value is -0.730. The van der Waals surface area contributed by atoms with E-state index in [1.165, 1.54) is 32.1 Å². The van der Waals surface area contributed by atoms with Gasteiger partial charge in [-0.3, -0.25) is 4.79 Å². The monoisotopic (exact) mass is 328 g/mol. The quantitative estimate of drug-likeness (QED) is 0.663. The highest BCUT2D eigenvalue weighted by atomic mass is 35.5. The number of hydrogen-bond acceptors (Lipinski definition) is 2. The fraction of sp³-hybridized carbons (Fsp3) is 0.588. The van der Waals surface area contributed by atoms with Gasteiger partial charge in [0.2, 0.25) is 0 Å². The van der Waals surface area contributed by atoms with Crippen LogP contribution in [0.1, 0.15) is 62.5 Å². The third-order valence-corrected chi connectivity index (χ3v) is 4.70. The minimum absolute atomic E-state index is 0.180. The molecule has 0 N–H and O–H groups in total. The van der Waals surface area contributed by atoms with Crippen LogP contribution in [0.3, 0.4) is 0 Å². The number of carbonyl (C=O) groups excluding carboxylic acids is 1. The van der Waals surface area contributed by atoms with Crippen molar-refractivity contribution in [3.63, 3.8) is 0 Å². The van der Waals surface area contributed by atoms with Crippen LogP contribution in [0.25, 0.3) is 0 Å². The molecule has 1 fully saturated rings. The van der Waals surface area contributed by atoms with Gasteiger partial charge in [-0.1, -0.05) is 42.5 Å². The maximum atomic E-state index is 11.4. The molecule has 4 heteroatoms. The molecule has 0 bridgehead atoms. The molecule has 21 heavy (non-hydrogen) atoms. The van der Waals surface area contributed by atoms with E-state index in [4.69, 9.17) is 27.9 Å². The first-order valence-electron chi connectivity index (χ1n) is 7.75. The molecule has 2 nitrogen and oxygen atoms in total. The second-order valence-electron chi connectivity index (χ2n) is 5.61. The van der Waals surface area contributed by atoms with Crippen LogP contribution >= 0.6 is 23.2 Å². The van der Waals surface area contributed by atoms with Crippen LogP contribution in [0.5, 0.6) is 0 Å². The first kappa shape index (κ1) is 16.6. The first-order chi connectivity index (χ1) is 10.1. The molecule has 0 atom stereocenters. The van der Waals surface area contributed by atoms with Crippen molar-refractivity contribution in [3.8, 4) is 0 Å². The van der Waals surface area contributed by atoms with Crippen LogP contribution < -0.4 is 0 Å². The van der Waals surface area contributed by atoms with E-state index in [2.05, 4.69) is 0 Å². The number of rotatable bonds is 5. The zero-order valence-corrected chi connectivity index (χ0v) is 14.0. The Kier molecular flexibility index (Phi) is 6.38. The molecule has 116 valence electrons. The molecule has 0 radical (unpaired) electrons. The summed E-state index contributed by atoms with van der Waals surface area (Å²) < 4.78 is 4.94. The van der Waals surface area contributed by atoms with E-state index >= 15 is 0 Å². The maximum absolute atomic E-state index is 11.4. The van der Waals surface area contributed by atoms with Gasteiger partial charge in [-0.2, -0.15) is 0 Å². The molecule has 0 unspecified atom stereocenters. The highest BCUT2D eigenvalue weighted by Gasteiger charge is 2.21. The van der Waals surface area contributed by atoms with Crippen LogP contribution in [0.15, 0.2) is 12.1 Å². The Morgan fingerprint density at radius 2 is 1.81 bits per heavy atom. The van der Waals surface area contributed by atoms with Crippen molar-refractivity contribution in [1.82, 2.24) is 0 Å². The fourth-order valence-electron chi connectivity index (χ4n) is 3.04. The fourth-order valence-corrected chi connectivity index (χ4v) is 3.88. The molecule has 0 amide bonds. The van der Waals surface area contributed by atoms with E-state index in [1.807, 2.05) is 19.1 Å². The van der Waals surface area contributed by atoms with E-state index < -0.39 is 0 Å². The molecule has 2 rings (SSSR count). The lowest BCUT2D eigenvalue weighted by molar-refractivity contribution is -0.143. The molecule has 0 saturated heterocycles. The van der Waals surface area contributed by atoms with Gasteiger partial charge in [0.15, 0.2) is 0 Å². The molecule has 1 aromatic carbocycles. The minimum atomic E-state index is -0.180. The lowest BCUT2D eigenvalue weighted by Crippen LogP contribution is -2.07. The minimum Gasteiger partial charge on any atom is -0.466 e. The van der Waals surface area contributed by atoms with Crippen molar-refractivity contribution in [3.05, 3.63) is 33.3 Å². The molecule has 1 saturated carbocycles. The Bertz CT molecular complexity index is 471. The summed E-state index contributed by atoms with van der Waals surface area (Å²) in [6, 6.07) is 3.91. The predicted octanol–water partition coefficient (Wildman–Crippen LogP) is 5.54. The van der Waals surface area contributed by atoms with Crippen molar-refractivity contribution >= 4 is 29.2 Å². The van der Waals surface area contributed by atoms with Gasteiger partial charge in [-0.15, -0.1) is 0 Å². The molecule has 1 aromatic rings. The van der Waals surface area contributed by atoms with Gasteiger partial charge in [-0.25, -0.2) is 0 Å². The zero-order chi connectivity index (χ0) is 15.2. The SMILES string of the molecule is CCOC(=O)CCc1cc(Cl)c(C2CCCCC2)c(Cl)c1. The second kappa shape index (κ2) is 8.05. The Morgan fingerprint density at radius 3 is 2.38 bits per heavy atom. The van der Waals surface area contributed by atoms with Gasteiger partial charge in [0, 0.05) is 16.5 Å². The molecular weight excluding hydrogens is 307 g/mol. The largest absolute Gasteiger partial charge is 0.466 e. The summed E-state index contributed by atoms with van der Waals surface area (Å²) in [6.45, 7) is 2.23. The molecule has 0 aliphatic heterocycles. The van der Waals surface area contributed by atoms with Crippen LogP contribution in [-0.2, 0) is 16.0 Å². The summed E-state index contributed by atoms with van der Waals surface area (Å²) in [5.74, 6) is 0.305. The number of carbonyl (C=O) groups is 1. The van der Waals surface area contributed by atoms with Crippen molar-refractivity contribution < 1.29 is 9.53 Å². The standard InChI is InChI=1S/C17H22Cl2O2/c1-2-21-16(20)9-8-12-10-14(18)17(15(19)11-12)13-6-4-3-5-7-13/h10-11,13H,2-9H2,1H3. The number of hydrogen-bond donors (Lipinski definition) is 0. The normalized spacial score (nSPS) is 16.0. The van der Waals surface area contributed by atoms with Crippen molar-refractivity contribution in [2.75, 3.05) is 6.61 Å². The molecule has 0 aromatic heterocycles. The third kappa shape index (κ3) is 4.62. The first-order valence-corrected chi connectivity index (χ1v) is 8.50. The summed E-state index contributed by atoms with van der Waals surface area (Å²) in [6.07, 6.45) is 7.13. The van der Waals surface area contributed by atoms with E-state index in [1.54, 1.807) is 0 Å². The van der Waals surface area contributed by atoms with Crippen LogP contribution in [0, 0.1) is 0 Å². The number of halogens is 2. The van der Waals surface area contributed by atoms with E-state index in [-0.39, 0.29) is 5.97 Å². The van der Waals surface area contributed by atoms with Gasteiger partial charge >= 0.3 is 5.97 Å². The smallest absolute Gasteiger partial charge is 0.306 e. The summed E-state index contributed by atoms with van der Waals surface area (Å²) in [5.41, 5.74) is 2.09. The maximum Gasteiger partial charge on any atom is 0.306 e. The Labute approximate surface area is 136 Å². The predicted molar refractivity (Wildman–Crippen MR) is 87.2 cm³/mol. The topological polar surface area (TPSA) is 26.3 Å². The van der Waals surface area contributed by atoms with Gasteiger partial charge in [0.25, 0.3) is 0 Å². The summed E-state index contributed by atoms with van der Waals surface area (Å²) in [5, 5.41) is 1.49. The third-order valence-electron chi connectivity index (χ3n) is 4.08. The molecular formula is C17H22Cl2O2. The number of aryl methyl sites for hydroxylation is 1. The van der Waals surface area contributed by atoms with Crippen LogP contribution in [0.4, 0.5) is 0 Å². The lowest BCUT2D eigenvalue weighted by Gasteiger charge is -2.24. The Balaban J connectivity index is 2.07. The van der Waals surface area contributed by atoms with Crippen molar-refractivity contribution in [1.29, 1.82) is 0 Å². The van der Waals surface area contributed by atoms with Gasteiger partial charge < -0.3 is 4.74 Å². The van der Waals surface area contributed by atoms with Gasteiger partial charge in [-0.05, 0) is 55.4 Å². The second-order valence-corrected chi connectivity index (χ2v) is 6.43. The molecule has 1 aliphatic carbocycles. The van der Waals surface area contributed by atoms with E-state index in [9.17, 15) is 4.79 Å². The number of ether oxygens (including phenoxy) is 1. The molecule has 0 spiro atoms. The van der Waals surface area contributed by atoms with Gasteiger partial charge in [0.05, 0.1) is 6.61 Å². The highest BCUT2D eigenvalue weighted by molar-refractivity contribution is 6.36. The van der Waals surface area contributed by atoms with Crippen molar-refractivity contribution in [2.24, 2.45) is 0 Å². The summed E-state index contributed by atoms with van der Waals surface area (Å²) in [7, 11) is 0. The molecule has 0 heterocycles. The van der Waals surface area contributed by atoms with E-state index in [0.29, 0.717) is 25.4 Å². The number of esters is 1. The average molecular weight is 329 g/mol. The Morgan fingerprint density at radius 1 is 1.19 bits per heavy atom. The van der Waals surface area contributed by atoms with E-state index in [0.717, 1.165) is 21.2 Å². The summed E-state index contributed by atoms with van der Waals surface area (Å²) in [4.78, 5) is 11.4. The average Bonchev–Trinajstić information content (AvgIpc) is 2.46. The molecule has 1 aliphatic rings. The number of benzene rings is 1. The van der Waals surface area contributed by atoms with Crippen LogP contribution in [0.2, 0.25) is 10.0 Å².